The Bertz CT molecular complexity index is 222. The monoisotopic (exact) mass is 261 g/mol. The molecule has 1 atom stereocenters. The van der Waals surface area contributed by atoms with E-state index in [9.17, 15) is 0 Å². The fourth-order valence-corrected chi connectivity index (χ4v) is 1.70. The molecule has 0 fully saturated rings. The highest BCUT2D eigenvalue weighted by Crippen LogP contribution is 2.12. The molecule has 0 bridgehead atoms. The molecule has 0 aliphatic rings. The lowest BCUT2D eigenvalue weighted by Gasteiger charge is -2.08. The lowest BCUT2D eigenvalue weighted by Crippen LogP contribution is -2.09. The number of rotatable bonds is 13. The smallest absolute Gasteiger partial charge is 0.175 e. The molecule has 106 valence electrons. The quantitative estimate of drug-likeness (QED) is 0.132. The Morgan fingerprint density at radius 1 is 1.11 bits per heavy atom. The molecule has 18 heavy (non-hydrogen) atoms. The second kappa shape index (κ2) is 14.2. The topological polar surface area (TPSA) is 96.7 Å². The van der Waals surface area contributed by atoms with Gasteiger partial charge in [0.2, 0.25) is 0 Å². The van der Waals surface area contributed by atoms with Crippen LogP contribution in [0.15, 0.2) is 5.11 Å². The highest BCUT2D eigenvalue weighted by molar-refractivity contribution is 4.55. The van der Waals surface area contributed by atoms with Crippen molar-refractivity contribution in [3.05, 3.63) is 10.4 Å². The largest absolute Gasteiger partial charge is 0.219 e. The summed E-state index contributed by atoms with van der Waals surface area (Å²) in [7, 11) is 0. The summed E-state index contributed by atoms with van der Waals surface area (Å²) in [6, 6.07) is 0. The van der Waals surface area contributed by atoms with Crippen LogP contribution < -0.4 is 0 Å². The van der Waals surface area contributed by atoms with Gasteiger partial charge in [0, 0.05) is 4.91 Å². The van der Waals surface area contributed by atoms with E-state index in [0.717, 1.165) is 12.8 Å². The summed E-state index contributed by atoms with van der Waals surface area (Å²) in [4.78, 5) is 7.12. The molecule has 7 nitrogen and oxygen atoms in total. The molecule has 0 aromatic carbocycles. The van der Waals surface area contributed by atoms with Gasteiger partial charge < -0.3 is 0 Å². The molecule has 0 amide bonds. The number of hydrogen-bond acceptors (Lipinski definition) is 5. The molecule has 0 saturated carbocycles. The highest BCUT2D eigenvalue weighted by Gasteiger charge is 2.07. The molecule has 7 heteroatoms. The van der Waals surface area contributed by atoms with Gasteiger partial charge in [0.1, 0.15) is 0 Å². The van der Waals surface area contributed by atoms with Crippen LogP contribution in [0.5, 0.6) is 0 Å². The number of hydrogen-bond donors (Lipinski definition) is 1. The Balaban J connectivity index is 3.40. The number of nitrogens with zero attached hydrogens (tertiary/aromatic N) is 3. The summed E-state index contributed by atoms with van der Waals surface area (Å²) in [5.41, 5.74) is 8.28. The average molecular weight is 261 g/mol. The van der Waals surface area contributed by atoms with E-state index in [1.54, 1.807) is 0 Å². The third kappa shape index (κ3) is 11.6. The minimum atomic E-state index is -0.762. The van der Waals surface area contributed by atoms with Crippen LogP contribution in [0.2, 0.25) is 0 Å². The van der Waals surface area contributed by atoms with E-state index in [1.807, 2.05) is 0 Å². The number of unbranched alkanes of at least 4 members (excludes halogenated alkanes) is 7. The molecule has 0 radical (unpaired) electrons. The van der Waals surface area contributed by atoms with Crippen molar-refractivity contribution in [1.82, 2.24) is 0 Å². The maximum Gasteiger partial charge on any atom is 0.175 e. The average Bonchev–Trinajstić information content (AvgIpc) is 2.39. The normalized spacial score (nSPS) is 12.1. The fraction of sp³-hybridized carbons (Fsp3) is 1.00. The van der Waals surface area contributed by atoms with Crippen molar-refractivity contribution in [2.75, 3.05) is 0 Å². The van der Waals surface area contributed by atoms with Crippen LogP contribution in [-0.2, 0) is 15.0 Å². The predicted molar refractivity (Wildman–Crippen MR) is 66.0 cm³/mol. The second-order valence-corrected chi connectivity index (χ2v) is 4.16. The van der Waals surface area contributed by atoms with Crippen LogP contribution in [0.25, 0.3) is 10.4 Å². The Morgan fingerprint density at radius 2 is 1.72 bits per heavy atom. The van der Waals surface area contributed by atoms with E-state index in [0.29, 0.717) is 6.42 Å². The lowest BCUT2D eigenvalue weighted by molar-refractivity contribution is -0.631. The van der Waals surface area contributed by atoms with E-state index in [1.165, 1.54) is 38.5 Å². The van der Waals surface area contributed by atoms with Gasteiger partial charge in [-0.05, 0) is 22.0 Å². The Morgan fingerprint density at radius 3 is 2.28 bits per heavy atom. The first-order valence-electron chi connectivity index (χ1n) is 6.53. The molecule has 0 aliphatic carbocycles. The minimum Gasteiger partial charge on any atom is -0.219 e. The van der Waals surface area contributed by atoms with Gasteiger partial charge in [-0.1, -0.05) is 63.4 Å². The summed E-state index contributed by atoms with van der Waals surface area (Å²) >= 11 is 0. The molecule has 0 aliphatic heterocycles. The second-order valence-electron chi connectivity index (χ2n) is 4.16. The molecule has 0 aromatic rings. The Hall–Kier alpha value is -0.850. The number of azide groups is 1. The van der Waals surface area contributed by atoms with E-state index < -0.39 is 6.23 Å². The fourth-order valence-electron chi connectivity index (χ4n) is 1.70. The molecule has 0 saturated heterocycles. The first-order valence-corrected chi connectivity index (χ1v) is 6.53. The summed E-state index contributed by atoms with van der Waals surface area (Å²) in [5, 5.41) is 18.4. The van der Waals surface area contributed by atoms with E-state index >= 15 is 0 Å². The van der Waals surface area contributed by atoms with Gasteiger partial charge in [-0.25, -0.2) is 5.26 Å². The van der Waals surface area contributed by atoms with Gasteiger partial charge in [0.15, 0.2) is 6.23 Å². The SMILES string of the molecule is CCCCCCCCCCC(N=[N+]=[N-])OOOO. The summed E-state index contributed by atoms with van der Waals surface area (Å²) in [6.07, 6.45) is 9.30. The van der Waals surface area contributed by atoms with Crippen molar-refractivity contribution >= 4 is 0 Å². The summed E-state index contributed by atoms with van der Waals surface area (Å²) in [5.74, 6) is 0. The van der Waals surface area contributed by atoms with E-state index in [4.69, 9.17) is 10.8 Å². The predicted octanol–water partition coefficient (Wildman–Crippen LogP) is 4.51. The van der Waals surface area contributed by atoms with Gasteiger partial charge in [-0.15, -0.1) is 0 Å². The van der Waals surface area contributed by atoms with Crippen LogP contribution in [0, 0.1) is 0 Å². The minimum absolute atomic E-state index is 0.544. The van der Waals surface area contributed by atoms with Gasteiger partial charge in [0.05, 0.1) is 0 Å². The van der Waals surface area contributed by atoms with Crippen molar-refractivity contribution in [1.29, 1.82) is 0 Å². The maximum atomic E-state index is 8.28. The zero-order valence-electron chi connectivity index (χ0n) is 11.0. The van der Waals surface area contributed by atoms with Crippen LogP contribution >= 0.6 is 0 Å². The summed E-state index contributed by atoms with van der Waals surface area (Å²) in [6.45, 7) is 2.20. The molecular formula is C11H23N3O4. The van der Waals surface area contributed by atoms with Crippen LogP contribution in [0.3, 0.4) is 0 Å². The van der Waals surface area contributed by atoms with Crippen molar-refractivity contribution in [3.8, 4) is 0 Å². The van der Waals surface area contributed by atoms with Crippen molar-refractivity contribution in [2.45, 2.75) is 70.9 Å². The molecule has 0 spiro atoms. The molecule has 0 rings (SSSR count). The van der Waals surface area contributed by atoms with Gasteiger partial charge in [-0.3, -0.25) is 0 Å². The molecule has 1 unspecified atom stereocenters. The Kier molecular flexibility index (Phi) is 13.5. The highest BCUT2D eigenvalue weighted by atomic mass is 17.6. The van der Waals surface area contributed by atoms with Gasteiger partial charge in [0.25, 0.3) is 0 Å². The first kappa shape index (κ1) is 17.2. The van der Waals surface area contributed by atoms with Crippen LogP contribution in [0.4, 0.5) is 0 Å². The van der Waals surface area contributed by atoms with E-state index in [2.05, 4.69) is 31.9 Å². The van der Waals surface area contributed by atoms with Crippen LogP contribution in [-0.4, -0.2) is 11.5 Å². The summed E-state index contributed by atoms with van der Waals surface area (Å²) < 4.78 is 0. The molecule has 1 N–H and O–H groups in total. The molecule has 0 heterocycles. The van der Waals surface area contributed by atoms with E-state index in [-0.39, 0.29) is 0 Å². The lowest BCUT2D eigenvalue weighted by atomic mass is 10.1. The van der Waals surface area contributed by atoms with Crippen LogP contribution in [0.1, 0.15) is 64.7 Å². The third-order valence-electron chi connectivity index (χ3n) is 2.67. The molecular weight excluding hydrogens is 238 g/mol. The first-order chi connectivity index (χ1) is 8.85. The maximum absolute atomic E-state index is 8.28. The standard InChI is InChI=1S/C11H23N3O4/c1-2-3-4-5-6-7-8-9-10-11(13-14-12)16-18-17-15/h11,15H,2-10H2,1H3. The third-order valence-corrected chi connectivity index (χ3v) is 2.67. The zero-order chi connectivity index (χ0) is 13.5. The Labute approximate surface area is 107 Å². The van der Waals surface area contributed by atoms with Gasteiger partial charge in [-0.2, -0.15) is 4.89 Å². The zero-order valence-corrected chi connectivity index (χ0v) is 11.0. The van der Waals surface area contributed by atoms with Crippen molar-refractivity contribution in [3.63, 3.8) is 0 Å². The van der Waals surface area contributed by atoms with Gasteiger partial charge >= 0.3 is 0 Å². The van der Waals surface area contributed by atoms with Crippen molar-refractivity contribution < 1.29 is 20.2 Å². The molecule has 0 aromatic heterocycles. The van der Waals surface area contributed by atoms with Crippen molar-refractivity contribution in [2.24, 2.45) is 5.11 Å².